The van der Waals surface area contributed by atoms with Crippen LogP contribution in [0.25, 0.3) is 0 Å². The number of hydrogen-bond acceptors (Lipinski definition) is 3. The summed E-state index contributed by atoms with van der Waals surface area (Å²) < 4.78 is 5.93. The third-order valence-electron chi connectivity index (χ3n) is 4.76. The molecular formula is C16H32N2O. The molecule has 1 aliphatic carbocycles. The molecular weight excluding hydrogens is 236 g/mol. The second-order valence-electron chi connectivity index (χ2n) is 7.52. The molecule has 0 aromatic carbocycles. The molecule has 1 heterocycles. The molecule has 3 nitrogen and oxygen atoms in total. The van der Waals surface area contributed by atoms with Crippen molar-refractivity contribution in [3.05, 3.63) is 0 Å². The Morgan fingerprint density at radius 1 is 1.32 bits per heavy atom. The minimum Gasteiger partial charge on any atom is -0.375 e. The van der Waals surface area contributed by atoms with Crippen LogP contribution in [0.1, 0.15) is 53.9 Å². The summed E-state index contributed by atoms with van der Waals surface area (Å²) >= 11 is 0. The van der Waals surface area contributed by atoms with E-state index in [2.05, 4.69) is 44.8 Å². The standard InChI is InChI=1S/C16H32N2O/c1-6-14-11-18(9-10-19-15(2,3)4)16(5,12-17-14)13-7-8-13/h13-14,17H,6-12H2,1-5H3. The minimum atomic E-state index is -0.0197. The Balaban J connectivity index is 1.91. The lowest BCUT2D eigenvalue weighted by Crippen LogP contribution is -2.64. The van der Waals surface area contributed by atoms with Gasteiger partial charge in [-0.05, 0) is 52.9 Å². The van der Waals surface area contributed by atoms with Crippen LogP contribution < -0.4 is 5.32 Å². The van der Waals surface area contributed by atoms with E-state index in [4.69, 9.17) is 4.74 Å². The zero-order valence-electron chi connectivity index (χ0n) is 13.5. The largest absolute Gasteiger partial charge is 0.375 e. The summed E-state index contributed by atoms with van der Waals surface area (Å²) in [6, 6.07) is 0.654. The molecule has 2 atom stereocenters. The Bertz CT molecular complexity index is 296. The maximum absolute atomic E-state index is 5.93. The van der Waals surface area contributed by atoms with Crippen LogP contribution in [0.15, 0.2) is 0 Å². The maximum Gasteiger partial charge on any atom is 0.0600 e. The lowest BCUT2D eigenvalue weighted by molar-refractivity contribution is -0.0411. The molecule has 19 heavy (non-hydrogen) atoms. The Morgan fingerprint density at radius 2 is 2.00 bits per heavy atom. The van der Waals surface area contributed by atoms with E-state index in [0.29, 0.717) is 11.6 Å². The van der Waals surface area contributed by atoms with Gasteiger partial charge in [-0.15, -0.1) is 0 Å². The average Bonchev–Trinajstić information content (AvgIpc) is 3.14. The fraction of sp³-hybridized carbons (Fsp3) is 1.00. The second kappa shape index (κ2) is 5.71. The summed E-state index contributed by atoms with van der Waals surface area (Å²) in [7, 11) is 0. The van der Waals surface area contributed by atoms with Gasteiger partial charge < -0.3 is 10.1 Å². The number of nitrogens with zero attached hydrogens (tertiary/aromatic N) is 1. The van der Waals surface area contributed by atoms with Crippen molar-refractivity contribution < 1.29 is 4.74 Å². The van der Waals surface area contributed by atoms with E-state index in [1.807, 2.05) is 0 Å². The highest BCUT2D eigenvalue weighted by molar-refractivity contribution is 5.04. The number of rotatable bonds is 5. The fourth-order valence-electron chi connectivity index (χ4n) is 3.19. The van der Waals surface area contributed by atoms with E-state index in [1.165, 1.54) is 25.8 Å². The fourth-order valence-corrected chi connectivity index (χ4v) is 3.19. The molecule has 2 aliphatic rings. The third kappa shape index (κ3) is 3.93. The Kier molecular flexibility index (Phi) is 4.59. The normalized spacial score (nSPS) is 33.6. The second-order valence-corrected chi connectivity index (χ2v) is 7.52. The predicted octanol–water partition coefficient (Wildman–Crippen LogP) is 2.65. The SMILES string of the molecule is CCC1CN(CCOC(C)(C)C)C(C)(C2CC2)CN1. The monoisotopic (exact) mass is 268 g/mol. The van der Waals surface area contributed by atoms with Crippen LogP contribution in [0.5, 0.6) is 0 Å². The van der Waals surface area contributed by atoms with Crippen LogP contribution >= 0.6 is 0 Å². The van der Waals surface area contributed by atoms with E-state index < -0.39 is 0 Å². The van der Waals surface area contributed by atoms with Gasteiger partial charge in [-0.3, -0.25) is 4.90 Å². The van der Waals surface area contributed by atoms with Gasteiger partial charge in [0.25, 0.3) is 0 Å². The number of ether oxygens (including phenoxy) is 1. The van der Waals surface area contributed by atoms with Gasteiger partial charge in [0.2, 0.25) is 0 Å². The smallest absolute Gasteiger partial charge is 0.0600 e. The van der Waals surface area contributed by atoms with Crippen molar-refractivity contribution in [3.8, 4) is 0 Å². The van der Waals surface area contributed by atoms with Crippen molar-refractivity contribution in [2.75, 3.05) is 26.2 Å². The van der Waals surface area contributed by atoms with Crippen LogP contribution in [0.4, 0.5) is 0 Å². The van der Waals surface area contributed by atoms with Crippen molar-refractivity contribution in [2.24, 2.45) is 5.92 Å². The molecule has 1 saturated heterocycles. The lowest BCUT2D eigenvalue weighted by Gasteiger charge is -2.49. The highest BCUT2D eigenvalue weighted by atomic mass is 16.5. The quantitative estimate of drug-likeness (QED) is 0.829. The van der Waals surface area contributed by atoms with Crippen molar-refractivity contribution in [2.45, 2.75) is 71.1 Å². The molecule has 0 bridgehead atoms. The van der Waals surface area contributed by atoms with Crippen molar-refractivity contribution in [3.63, 3.8) is 0 Å². The highest BCUT2D eigenvalue weighted by Crippen LogP contribution is 2.44. The molecule has 0 radical (unpaired) electrons. The molecule has 3 heteroatoms. The summed E-state index contributed by atoms with van der Waals surface area (Å²) in [6.07, 6.45) is 4.04. The van der Waals surface area contributed by atoms with Crippen molar-refractivity contribution in [1.29, 1.82) is 0 Å². The maximum atomic E-state index is 5.93. The van der Waals surface area contributed by atoms with Crippen molar-refractivity contribution >= 4 is 0 Å². The first-order valence-corrected chi connectivity index (χ1v) is 7.97. The van der Waals surface area contributed by atoms with E-state index in [-0.39, 0.29) is 5.60 Å². The van der Waals surface area contributed by atoms with E-state index in [0.717, 1.165) is 25.6 Å². The average molecular weight is 268 g/mol. The van der Waals surface area contributed by atoms with E-state index in [1.54, 1.807) is 0 Å². The summed E-state index contributed by atoms with van der Waals surface area (Å²) in [5.41, 5.74) is 0.334. The van der Waals surface area contributed by atoms with E-state index in [9.17, 15) is 0 Å². The molecule has 1 saturated carbocycles. The molecule has 2 rings (SSSR count). The highest BCUT2D eigenvalue weighted by Gasteiger charge is 2.47. The van der Waals surface area contributed by atoms with Gasteiger partial charge in [0, 0.05) is 31.2 Å². The van der Waals surface area contributed by atoms with Gasteiger partial charge in [0.15, 0.2) is 0 Å². The lowest BCUT2D eigenvalue weighted by atomic mass is 9.89. The van der Waals surface area contributed by atoms with Crippen molar-refractivity contribution in [1.82, 2.24) is 10.2 Å². The summed E-state index contributed by atoms with van der Waals surface area (Å²) in [5, 5.41) is 3.73. The topological polar surface area (TPSA) is 24.5 Å². The molecule has 0 aromatic rings. The summed E-state index contributed by atoms with van der Waals surface area (Å²) in [5.74, 6) is 0.896. The number of nitrogens with one attached hydrogen (secondary N) is 1. The Morgan fingerprint density at radius 3 is 2.53 bits per heavy atom. The minimum absolute atomic E-state index is 0.0197. The number of piperazine rings is 1. The van der Waals surface area contributed by atoms with Crippen LogP contribution in [0.2, 0.25) is 0 Å². The van der Waals surface area contributed by atoms with Crippen LogP contribution in [-0.2, 0) is 4.74 Å². The van der Waals surface area contributed by atoms with Gasteiger partial charge in [-0.25, -0.2) is 0 Å². The summed E-state index contributed by atoms with van der Waals surface area (Å²) in [4.78, 5) is 2.70. The molecule has 0 amide bonds. The Hall–Kier alpha value is -0.120. The zero-order chi connectivity index (χ0) is 14.1. The Labute approximate surface area is 119 Å². The molecule has 0 spiro atoms. The molecule has 2 fully saturated rings. The van der Waals surface area contributed by atoms with Gasteiger partial charge in [-0.2, -0.15) is 0 Å². The number of hydrogen-bond donors (Lipinski definition) is 1. The van der Waals surface area contributed by atoms with Gasteiger partial charge in [0.1, 0.15) is 0 Å². The third-order valence-corrected chi connectivity index (χ3v) is 4.76. The van der Waals surface area contributed by atoms with Crippen LogP contribution in [-0.4, -0.2) is 48.3 Å². The predicted molar refractivity (Wildman–Crippen MR) is 80.5 cm³/mol. The first-order valence-electron chi connectivity index (χ1n) is 7.97. The molecule has 0 aromatic heterocycles. The molecule has 1 N–H and O–H groups in total. The van der Waals surface area contributed by atoms with Crippen LogP contribution in [0.3, 0.4) is 0 Å². The first-order chi connectivity index (χ1) is 8.85. The first kappa shape index (κ1) is 15.3. The molecule has 112 valence electrons. The van der Waals surface area contributed by atoms with E-state index >= 15 is 0 Å². The molecule has 2 unspecified atom stereocenters. The zero-order valence-corrected chi connectivity index (χ0v) is 13.5. The van der Waals surface area contributed by atoms with Gasteiger partial charge in [-0.1, -0.05) is 6.92 Å². The van der Waals surface area contributed by atoms with Crippen LogP contribution in [0, 0.1) is 5.92 Å². The van der Waals surface area contributed by atoms with Gasteiger partial charge >= 0.3 is 0 Å². The molecule has 1 aliphatic heterocycles. The van der Waals surface area contributed by atoms with Gasteiger partial charge in [0.05, 0.1) is 12.2 Å². The summed E-state index contributed by atoms with van der Waals surface area (Å²) in [6.45, 7) is 15.4.